The summed E-state index contributed by atoms with van der Waals surface area (Å²) < 4.78 is 31.9. The first-order chi connectivity index (χ1) is 22.9. The number of fused-ring (bicyclic) bond motifs is 1. The molecular weight excluding hydrogens is 618 g/mol. The SMILES string of the molecule is CC(=O)c1ccc(C)c(-c2cccc(NC(=O)[C@@H]3C[C@@H](F)CN3C(=O)Cn3nc(C(C)=O)c4cc(-c5cnc(C)nc5)ccc43)c2F)c1. The summed E-state index contributed by atoms with van der Waals surface area (Å²) in [5.41, 5.74) is 3.84. The maximum atomic E-state index is 15.8. The molecule has 10 nitrogen and oxygen atoms in total. The molecule has 2 atom stereocenters. The van der Waals surface area contributed by atoms with Crippen molar-refractivity contribution in [3.8, 4) is 22.3 Å². The van der Waals surface area contributed by atoms with Gasteiger partial charge >= 0.3 is 0 Å². The maximum Gasteiger partial charge on any atom is 0.247 e. The summed E-state index contributed by atoms with van der Waals surface area (Å²) in [6.45, 7) is 5.67. The third-order valence-electron chi connectivity index (χ3n) is 8.55. The van der Waals surface area contributed by atoms with Gasteiger partial charge in [-0.15, -0.1) is 0 Å². The van der Waals surface area contributed by atoms with Crippen molar-refractivity contribution in [3.05, 3.63) is 95.5 Å². The lowest BCUT2D eigenvalue weighted by atomic mass is 9.96. The molecule has 1 N–H and O–H groups in total. The first kappa shape index (κ1) is 32.3. The van der Waals surface area contributed by atoms with Gasteiger partial charge in [0.05, 0.1) is 17.7 Å². The van der Waals surface area contributed by atoms with Crippen LogP contribution in [0.25, 0.3) is 33.2 Å². The Hall–Kier alpha value is -5.65. The quantitative estimate of drug-likeness (QED) is 0.207. The van der Waals surface area contributed by atoms with Crippen molar-refractivity contribution in [1.29, 1.82) is 0 Å². The number of nitrogens with one attached hydrogen (secondary N) is 1. The number of ketones is 2. The number of hydrogen-bond acceptors (Lipinski definition) is 7. The Morgan fingerprint density at radius 3 is 2.38 bits per heavy atom. The highest BCUT2D eigenvalue weighted by molar-refractivity contribution is 6.06. The van der Waals surface area contributed by atoms with Crippen molar-refractivity contribution >= 4 is 40.0 Å². The molecule has 0 radical (unpaired) electrons. The Bertz CT molecular complexity index is 2110. The molecule has 3 aromatic carbocycles. The molecule has 5 aromatic rings. The Balaban J connectivity index is 1.25. The number of alkyl halides is 1. The van der Waals surface area contributed by atoms with Crippen LogP contribution < -0.4 is 5.32 Å². The minimum atomic E-state index is -1.47. The van der Waals surface area contributed by atoms with Crippen LogP contribution in [-0.4, -0.2) is 66.8 Å². The zero-order chi connectivity index (χ0) is 34.3. The Morgan fingerprint density at radius 2 is 1.67 bits per heavy atom. The predicted molar refractivity (Wildman–Crippen MR) is 176 cm³/mol. The average Bonchev–Trinajstić information content (AvgIpc) is 3.63. The highest BCUT2D eigenvalue weighted by atomic mass is 19.1. The van der Waals surface area contributed by atoms with E-state index in [0.717, 1.165) is 21.6 Å². The Labute approximate surface area is 274 Å². The number of halogens is 2. The molecular formula is C36H32F2N6O4. The molecule has 244 valence electrons. The fourth-order valence-electron chi connectivity index (χ4n) is 5.99. The first-order valence-electron chi connectivity index (χ1n) is 15.4. The van der Waals surface area contributed by atoms with E-state index in [1.165, 1.54) is 24.6 Å². The summed E-state index contributed by atoms with van der Waals surface area (Å²) in [5.74, 6) is -1.91. The van der Waals surface area contributed by atoms with Crippen molar-refractivity contribution in [2.24, 2.45) is 0 Å². The molecule has 0 saturated carbocycles. The minimum absolute atomic E-state index is 0.140. The normalized spacial score (nSPS) is 15.9. The predicted octanol–water partition coefficient (Wildman–Crippen LogP) is 5.90. The molecule has 12 heteroatoms. The van der Waals surface area contributed by atoms with Gasteiger partial charge < -0.3 is 10.2 Å². The summed E-state index contributed by atoms with van der Waals surface area (Å²) in [7, 11) is 0. The molecule has 3 heterocycles. The van der Waals surface area contributed by atoms with Gasteiger partial charge in [-0.3, -0.25) is 23.9 Å². The van der Waals surface area contributed by atoms with Crippen LogP contribution in [0.3, 0.4) is 0 Å². The van der Waals surface area contributed by atoms with Crippen LogP contribution in [0.1, 0.15) is 52.5 Å². The van der Waals surface area contributed by atoms with E-state index in [-0.39, 0.29) is 48.0 Å². The van der Waals surface area contributed by atoms with E-state index in [1.54, 1.807) is 74.8 Å². The molecule has 1 aliphatic rings. The van der Waals surface area contributed by atoms with Gasteiger partial charge in [0.15, 0.2) is 17.4 Å². The van der Waals surface area contributed by atoms with Crippen LogP contribution in [0.4, 0.5) is 14.5 Å². The maximum absolute atomic E-state index is 15.8. The number of nitrogens with zero attached hydrogens (tertiary/aromatic N) is 5. The summed E-state index contributed by atoms with van der Waals surface area (Å²) in [4.78, 5) is 61.1. The van der Waals surface area contributed by atoms with Crippen LogP contribution in [0, 0.1) is 19.7 Å². The number of carbonyl (C=O) groups is 4. The van der Waals surface area contributed by atoms with Gasteiger partial charge in [0.2, 0.25) is 11.8 Å². The van der Waals surface area contributed by atoms with Crippen LogP contribution >= 0.6 is 0 Å². The zero-order valence-electron chi connectivity index (χ0n) is 26.8. The summed E-state index contributed by atoms with van der Waals surface area (Å²) >= 11 is 0. The number of aromatic nitrogens is 4. The van der Waals surface area contributed by atoms with E-state index in [1.807, 2.05) is 0 Å². The molecule has 0 spiro atoms. The van der Waals surface area contributed by atoms with Crippen molar-refractivity contribution in [2.75, 3.05) is 11.9 Å². The zero-order valence-corrected chi connectivity index (χ0v) is 26.8. The second kappa shape index (κ2) is 12.9. The van der Waals surface area contributed by atoms with Crippen LogP contribution in [0.2, 0.25) is 0 Å². The summed E-state index contributed by atoms with van der Waals surface area (Å²) in [6, 6.07) is 13.6. The second-order valence-corrected chi connectivity index (χ2v) is 12.0. The van der Waals surface area contributed by atoms with Gasteiger partial charge in [-0.1, -0.05) is 30.3 Å². The number of likely N-dealkylation sites (tertiary alicyclic amines) is 1. The topological polar surface area (TPSA) is 127 Å². The lowest BCUT2D eigenvalue weighted by Gasteiger charge is -2.24. The minimum Gasteiger partial charge on any atom is -0.326 e. The van der Waals surface area contributed by atoms with Crippen molar-refractivity contribution in [3.63, 3.8) is 0 Å². The van der Waals surface area contributed by atoms with Crippen molar-refractivity contribution in [2.45, 2.75) is 52.9 Å². The average molecular weight is 651 g/mol. The second-order valence-electron chi connectivity index (χ2n) is 12.0. The lowest BCUT2D eigenvalue weighted by molar-refractivity contribution is -0.137. The van der Waals surface area contributed by atoms with Crippen LogP contribution in [0.15, 0.2) is 67.0 Å². The van der Waals surface area contributed by atoms with E-state index >= 15 is 4.39 Å². The molecule has 6 rings (SSSR count). The van der Waals surface area contributed by atoms with Crippen molar-refractivity contribution < 1.29 is 28.0 Å². The molecule has 1 saturated heterocycles. The van der Waals surface area contributed by atoms with E-state index in [0.29, 0.717) is 27.9 Å². The molecule has 1 aliphatic heterocycles. The van der Waals surface area contributed by atoms with Gasteiger partial charge in [-0.25, -0.2) is 18.7 Å². The lowest BCUT2D eigenvalue weighted by Crippen LogP contribution is -2.44. The number of amides is 2. The summed E-state index contributed by atoms with van der Waals surface area (Å²) in [6.07, 6.45) is 1.61. The number of hydrogen-bond donors (Lipinski definition) is 1. The van der Waals surface area contributed by atoms with E-state index in [9.17, 15) is 23.6 Å². The molecule has 1 fully saturated rings. The smallest absolute Gasteiger partial charge is 0.247 e. The van der Waals surface area contributed by atoms with Gasteiger partial charge in [0.1, 0.15) is 30.3 Å². The molecule has 2 amide bonds. The molecule has 0 bridgehead atoms. The number of benzene rings is 3. The standard InChI is InChI=1S/C36H32F2N6O4/c1-19-8-9-23(20(2)45)12-28(19)27-6-5-7-30(34(27)38)41-36(48)32-14-26(37)17-43(32)33(47)18-44-31-11-10-24(25-15-39-22(4)40-16-25)13-29(31)35(42-44)21(3)46/h5-13,15-16,26,32H,14,17-18H2,1-4H3,(H,41,48)/t26-,32+/m1/s1. The van der Waals surface area contributed by atoms with Gasteiger partial charge in [-0.2, -0.15) is 5.10 Å². The molecule has 0 unspecified atom stereocenters. The number of anilines is 1. The highest BCUT2D eigenvalue weighted by Gasteiger charge is 2.40. The Morgan fingerprint density at radius 1 is 0.917 bits per heavy atom. The molecule has 2 aromatic heterocycles. The van der Waals surface area contributed by atoms with E-state index < -0.39 is 29.8 Å². The van der Waals surface area contributed by atoms with Crippen LogP contribution in [-0.2, 0) is 16.1 Å². The van der Waals surface area contributed by atoms with E-state index in [4.69, 9.17) is 0 Å². The molecule has 0 aliphatic carbocycles. The fourth-order valence-corrected chi connectivity index (χ4v) is 5.99. The van der Waals surface area contributed by atoms with Gasteiger partial charge in [-0.05, 0) is 61.7 Å². The monoisotopic (exact) mass is 650 g/mol. The Kier molecular flexibility index (Phi) is 8.65. The third kappa shape index (κ3) is 6.20. The number of rotatable bonds is 8. The summed E-state index contributed by atoms with van der Waals surface area (Å²) in [5, 5.41) is 7.47. The van der Waals surface area contributed by atoms with Crippen LogP contribution in [0.5, 0.6) is 0 Å². The largest absolute Gasteiger partial charge is 0.326 e. The van der Waals surface area contributed by atoms with Gasteiger partial charge in [0, 0.05) is 47.8 Å². The van der Waals surface area contributed by atoms with Crippen molar-refractivity contribution in [1.82, 2.24) is 24.6 Å². The fraction of sp³-hybridized carbons (Fsp3) is 0.250. The first-order valence-corrected chi connectivity index (χ1v) is 15.4. The number of Topliss-reactive ketones (excluding diaryl/α,β-unsaturated/α-hetero) is 2. The molecule has 48 heavy (non-hydrogen) atoms. The number of aryl methyl sites for hydroxylation is 2. The third-order valence-corrected chi connectivity index (χ3v) is 8.55. The number of carbonyl (C=O) groups excluding carboxylic acids is 4. The highest BCUT2D eigenvalue weighted by Crippen LogP contribution is 2.32. The van der Waals surface area contributed by atoms with E-state index in [2.05, 4.69) is 20.4 Å². The van der Waals surface area contributed by atoms with Gasteiger partial charge in [0.25, 0.3) is 0 Å².